The van der Waals surface area contributed by atoms with E-state index >= 15 is 0 Å². The summed E-state index contributed by atoms with van der Waals surface area (Å²) < 4.78 is 55.4. The number of hydrogen-bond donors (Lipinski definition) is 2. The van der Waals surface area contributed by atoms with E-state index < -0.39 is 31.7 Å². The number of rotatable bonds is 3. The van der Waals surface area contributed by atoms with Gasteiger partial charge in [-0.2, -0.15) is 16.8 Å². The molecule has 72 valence electrons. The average molecular weight is 249 g/mol. The normalized spacial score (nSPS) is 12.2. The summed E-state index contributed by atoms with van der Waals surface area (Å²) in [6, 6.07) is 0. The predicted octanol–water partition coefficient (Wildman–Crippen LogP) is -1.24. The van der Waals surface area contributed by atoms with Gasteiger partial charge in [-0.1, -0.05) is 0 Å². The summed E-state index contributed by atoms with van der Waals surface area (Å²) in [5.41, 5.74) is 0. The molecule has 0 heterocycles. The molecule has 0 saturated carbocycles. The topological polar surface area (TPSA) is 109 Å². The fourth-order valence-corrected chi connectivity index (χ4v) is 1.90. The average Bonchev–Trinajstić information content (AvgIpc) is 1.57. The maximum absolute atomic E-state index is 9.86. The van der Waals surface area contributed by atoms with Gasteiger partial charge in [-0.15, -0.1) is 0 Å². The summed E-state index contributed by atoms with van der Waals surface area (Å²) in [4.78, 5) is 0. The molecule has 0 rings (SSSR count). The van der Waals surface area contributed by atoms with Crippen molar-refractivity contribution in [2.75, 3.05) is 11.5 Å². The quantitative estimate of drug-likeness (QED) is 0.478. The van der Waals surface area contributed by atoms with Crippen molar-refractivity contribution < 1.29 is 42.4 Å². The van der Waals surface area contributed by atoms with E-state index in [1.165, 1.54) is 0 Å². The van der Waals surface area contributed by atoms with E-state index in [2.05, 4.69) is 0 Å². The third-order valence-electron chi connectivity index (χ3n) is 0.599. The summed E-state index contributed by atoms with van der Waals surface area (Å²) in [5.74, 6) is -1.96. The Kier molecular flexibility index (Phi) is 5.51. The molecular weight excluding hydrogens is 243 g/mol. The molecule has 0 aromatic rings. The Bertz CT molecular complexity index is 255. The molecule has 0 aliphatic rings. The number of hydrogen-bond acceptors (Lipinski definition) is 4. The minimum Gasteiger partial charge on any atom is -0.286 e. The van der Waals surface area contributed by atoms with Gasteiger partial charge in [0.25, 0.3) is 20.2 Å². The molecule has 0 fully saturated rings. The molecule has 2 N–H and O–H groups in total. The largest absolute Gasteiger partial charge is 0.286 e. The van der Waals surface area contributed by atoms with Crippen molar-refractivity contribution in [3.8, 4) is 0 Å². The molecule has 0 aliphatic heterocycles. The van der Waals surface area contributed by atoms with Gasteiger partial charge < -0.3 is 0 Å². The first kappa shape index (κ1) is 13.9. The van der Waals surface area contributed by atoms with Crippen LogP contribution in [-0.4, -0.2) is 37.4 Å². The molecule has 11 heavy (non-hydrogen) atoms. The summed E-state index contributed by atoms with van der Waals surface area (Å²) in [7, 11) is -8.59. The van der Waals surface area contributed by atoms with Crippen molar-refractivity contribution in [1.82, 2.24) is 0 Å². The maximum Gasteiger partial charge on any atom is 0.265 e. The molecule has 0 aromatic carbocycles. The zero-order chi connectivity index (χ0) is 8.41. The molecule has 0 bridgehead atoms. The van der Waals surface area contributed by atoms with E-state index in [0.717, 1.165) is 0 Å². The SMILES string of the molecule is O=S(=O)(O)CCS(=O)(=O)O.[Ni]. The standard InChI is InChI=1S/C2H6O6S2.Ni/c3-9(4,5)1-2-10(6,7)8;/h1-2H2,(H,3,4,5)(H,6,7,8);. The minimum absolute atomic E-state index is 0. The van der Waals surface area contributed by atoms with Crippen LogP contribution in [0.4, 0.5) is 0 Å². The van der Waals surface area contributed by atoms with Crippen LogP contribution in [0.3, 0.4) is 0 Å². The van der Waals surface area contributed by atoms with Crippen LogP contribution in [-0.2, 0) is 36.7 Å². The molecule has 0 atom stereocenters. The van der Waals surface area contributed by atoms with Crippen LogP contribution in [0.1, 0.15) is 0 Å². The molecule has 0 saturated heterocycles. The van der Waals surface area contributed by atoms with Gasteiger partial charge in [0.2, 0.25) is 0 Å². The smallest absolute Gasteiger partial charge is 0.265 e. The van der Waals surface area contributed by atoms with Gasteiger partial charge in [-0.25, -0.2) is 0 Å². The van der Waals surface area contributed by atoms with Crippen molar-refractivity contribution in [2.24, 2.45) is 0 Å². The van der Waals surface area contributed by atoms with Crippen molar-refractivity contribution in [3.05, 3.63) is 0 Å². The van der Waals surface area contributed by atoms with Crippen LogP contribution < -0.4 is 0 Å². The molecule has 0 amide bonds. The van der Waals surface area contributed by atoms with Gasteiger partial charge in [-0.05, 0) is 0 Å². The van der Waals surface area contributed by atoms with E-state index in [-0.39, 0.29) is 16.5 Å². The summed E-state index contributed by atoms with van der Waals surface area (Å²) in [6.07, 6.45) is 0. The van der Waals surface area contributed by atoms with Gasteiger partial charge >= 0.3 is 0 Å². The first-order valence-corrected chi connectivity index (χ1v) is 5.33. The van der Waals surface area contributed by atoms with E-state index in [0.29, 0.717) is 0 Å². The zero-order valence-corrected chi connectivity index (χ0v) is 7.69. The van der Waals surface area contributed by atoms with E-state index in [1.54, 1.807) is 0 Å². The Morgan fingerprint density at radius 1 is 0.818 bits per heavy atom. The van der Waals surface area contributed by atoms with Crippen LogP contribution in [0.25, 0.3) is 0 Å². The van der Waals surface area contributed by atoms with Gasteiger partial charge in [0.05, 0.1) is 11.5 Å². The summed E-state index contributed by atoms with van der Waals surface area (Å²) in [6.45, 7) is 0. The fraction of sp³-hybridized carbons (Fsp3) is 1.00. The second-order valence-electron chi connectivity index (χ2n) is 1.57. The molecular formula is C2H6NiO6S2. The van der Waals surface area contributed by atoms with Crippen molar-refractivity contribution in [1.29, 1.82) is 0 Å². The minimum atomic E-state index is -4.30. The molecule has 0 unspecified atom stereocenters. The molecule has 9 heteroatoms. The van der Waals surface area contributed by atoms with Crippen molar-refractivity contribution in [2.45, 2.75) is 0 Å². The van der Waals surface area contributed by atoms with Gasteiger partial charge in [0.1, 0.15) is 0 Å². The Balaban J connectivity index is 0. The first-order chi connectivity index (χ1) is 4.21. The van der Waals surface area contributed by atoms with Gasteiger partial charge in [-0.3, -0.25) is 9.11 Å². The molecule has 0 aromatic heterocycles. The Morgan fingerprint density at radius 3 is 1.09 bits per heavy atom. The van der Waals surface area contributed by atoms with Crippen LogP contribution in [0.2, 0.25) is 0 Å². The van der Waals surface area contributed by atoms with Crippen molar-refractivity contribution >= 4 is 20.2 Å². The Labute approximate surface area is 74.4 Å². The van der Waals surface area contributed by atoms with Crippen LogP contribution in [0, 0.1) is 0 Å². The Morgan fingerprint density at radius 2 is 1.00 bits per heavy atom. The van der Waals surface area contributed by atoms with E-state index in [4.69, 9.17) is 9.11 Å². The monoisotopic (exact) mass is 248 g/mol. The molecule has 0 aliphatic carbocycles. The molecule has 6 nitrogen and oxygen atoms in total. The van der Waals surface area contributed by atoms with Gasteiger partial charge in [0, 0.05) is 16.5 Å². The fourth-order valence-electron chi connectivity index (χ4n) is 0.211. The van der Waals surface area contributed by atoms with Crippen LogP contribution in [0.15, 0.2) is 0 Å². The zero-order valence-electron chi connectivity index (χ0n) is 5.07. The second kappa shape index (κ2) is 4.37. The van der Waals surface area contributed by atoms with Gasteiger partial charge in [0.15, 0.2) is 0 Å². The van der Waals surface area contributed by atoms with E-state index in [9.17, 15) is 16.8 Å². The predicted molar refractivity (Wildman–Crippen MR) is 32.8 cm³/mol. The summed E-state index contributed by atoms with van der Waals surface area (Å²) >= 11 is 0. The third-order valence-corrected chi connectivity index (χ3v) is 2.30. The van der Waals surface area contributed by atoms with Crippen LogP contribution >= 0.6 is 0 Å². The third kappa shape index (κ3) is 13.3. The maximum atomic E-state index is 9.86. The van der Waals surface area contributed by atoms with Crippen LogP contribution in [0.5, 0.6) is 0 Å². The molecule has 0 spiro atoms. The van der Waals surface area contributed by atoms with Crippen molar-refractivity contribution in [3.63, 3.8) is 0 Å². The van der Waals surface area contributed by atoms with E-state index in [1.807, 2.05) is 0 Å². The Hall–Kier alpha value is 0.314. The summed E-state index contributed by atoms with van der Waals surface area (Å²) in [5, 5.41) is 0. The first-order valence-electron chi connectivity index (χ1n) is 2.11. The molecule has 0 radical (unpaired) electrons. The second-order valence-corrected chi connectivity index (χ2v) is 4.72.